The van der Waals surface area contributed by atoms with Gasteiger partial charge < -0.3 is 20.3 Å². The molecular formula is C18H21NO3. The van der Waals surface area contributed by atoms with Gasteiger partial charge >= 0.3 is 0 Å². The summed E-state index contributed by atoms with van der Waals surface area (Å²) in [5.41, 5.74) is 7.13. The Bertz CT molecular complexity index is 593. The van der Waals surface area contributed by atoms with E-state index in [1.54, 1.807) is 0 Å². The van der Waals surface area contributed by atoms with E-state index in [1.165, 1.54) is 0 Å². The van der Waals surface area contributed by atoms with Gasteiger partial charge in [0.2, 0.25) is 0 Å². The van der Waals surface area contributed by atoms with Gasteiger partial charge in [-0.3, -0.25) is 0 Å². The van der Waals surface area contributed by atoms with Gasteiger partial charge in [0.15, 0.2) is 0 Å². The van der Waals surface area contributed by atoms with Gasteiger partial charge in [-0.2, -0.15) is 0 Å². The van der Waals surface area contributed by atoms with Gasteiger partial charge in [-0.05, 0) is 29.7 Å². The summed E-state index contributed by atoms with van der Waals surface area (Å²) in [7, 11) is 0. The molecule has 1 aliphatic heterocycles. The van der Waals surface area contributed by atoms with E-state index in [0.717, 1.165) is 23.1 Å². The number of benzene rings is 2. The maximum Gasteiger partial charge on any atom is 0.147 e. The Labute approximate surface area is 130 Å². The van der Waals surface area contributed by atoms with E-state index in [-0.39, 0.29) is 6.79 Å². The number of aliphatic hydroxyl groups is 1. The van der Waals surface area contributed by atoms with Gasteiger partial charge in [0.25, 0.3) is 0 Å². The molecule has 2 atom stereocenters. The van der Waals surface area contributed by atoms with E-state index >= 15 is 0 Å². The Morgan fingerprint density at radius 2 is 1.73 bits per heavy atom. The summed E-state index contributed by atoms with van der Waals surface area (Å²) in [4.78, 5) is 0. The molecule has 0 bridgehead atoms. The highest BCUT2D eigenvalue weighted by atomic mass is 16.7. The average Bonchev–Trinajstić information content (AvgIpc) is 3.11. The van der Waals surface area contributed by atoms with Crippen molar-refractivity contribution in [2.24, 2.45) is 5.73 Å². The van der Waals surface area contributed by atoms with Gasteiger partial charge in [-0.25, -0.2) is 0 Å². The first-order valence-electron chi connectivity index (χ1n) is 7.52. The second-order valence-electron chi connectivity index (χ2n) is 5.51. The lowest BCUT2D eigenvalue weighted by Crippen LogP contribution is -2.42. The van der Waals surface area contributed by atoms with Crippen molar-refractivity contribution in [1.82, 2.24) is 0 Å². The van der Waals surface area contributed by atoms with E-state index < -0.39 is 11.7 Å². The normalized spacial score (nSPS) is 20.7. The van der Waals surface area contributed by atoms with Crippen LogP contribution in [-0.2, 0) is 21.5 Å². The molecule has 2 unspecified atom stereocenters. The van der Waals surface area contributed by atoms with Crippen LogP contribution in [0.15, 0.2) is 54.6 Å². The lowest BCUT2D eigenvalue weighted by atomic mass is 9.81. The van der Waals surface area contributed by atoms with Crippen LogP contribution in [0, 0.1) is 0 Å². The van der Waals surface area contributed by atoms with Crippen LogP contribution in [0.5, 0.6) is 0 Å². The third-order valence-electron chi connectivity index (χ3n) is 4.13. The molecule has 2 aromatic carbocycles. The molecule has 3 rings (SSSR count). The maximum atomic E-state index is 11.4. The van der Waals surface area contributed by atoms with E-state index in [0.29, 0.717) is 13.2 Å². The number of rotatable bonds is 5. The highest BCUT2D eigenvalue weighted by molar-refractivity contribution is 5.39. The van der Waals surface area contributed by atoms with Crippen LogP contribution in [0.1, 0.15) is 16.7 Å². The largest absolute Gasteiger partial charge is 0.378 e. The molecule has 4 heteroatoms. The zero-order chi connectivity index (χ0) is 15.4. The first-order chi connectivity index (χ1) is 10.7. The zero-order valence-electron chi connectivity index (χ0n) is 12.4. The van der Waals surface area contributed by atoms with Crippen molar-refractivity contribution >= 4 is 0 Å². The Morgan fingerprint density at radius 3 is 2.32 bits per heavy atom. The molecule has 0 radical (unpaired) electrons. The highest BCUT2D eigenvalue weighted by Gasteiger charge is 2.43. The van der Waals surface area contributed by atoms with Crippen LogP contribution in [-0.4, -0.2) is 31.2 Å². The molecule has 0 amide bonds. The summed E-state index contributed by atoms with van der Waals surface area (Å²) in [6.45, 7) is 1.20. The number of nitrogens with two attached hydrogens (primary N) is 1. The first-order valence-corrected chi connectivity index (χ1v) is 7.52. The van der Waals surface area contributed by atoms with Gasteiger partial charge in [0.1, 0.15) is 18.5 Å². The fourth-order valence-corrected chi connectivity index (χ4v) is 2.90. The minimum Gasteiger partial charge on any atom is -0.378 e. The van der Waals surface area contributed by atoms with E-state index in [2.05, 4.69) is 0 Å². The molecule has 4 nitrogen and oxygen atoms in total. The predicted molar refractivity (Wildman–Crippen MR) is 84.3 cm³/mol. The molecule has 2 aromatic rings. The molecule has 116 valence electrons. The summed E-state index contributed by atoms with van der Waals surface area (Å²) in [5.74, 6) is 0. The average molecular weight is 299 g/mol. The quantitative estimate of drug-likeness (QED) is 0.883. The van der Waals surface area contributed by atoms with Crippen LogP contribution in [0.2, 0.25) is 0 Å². The van der Waals surface area contributed by atoms with Gasteiger partial charge in [0, 0.05) is 0 Å². The van der Waals surface area contributed by atoms with Crippen molar-refractivity contribution in [2.75, 3.05) is 19.9 Å². The summed E-state index contributed by atoms with van der Waals surface area (Å²) < 4.78 is 10.9. The SMILES string of the molecule is NCCc1ccc(C(O)(c2ccccc2)C2COCO2)cc1. The molecule has 1 fully saturated rings. The van der Waals surface area contributed by atoms with Crippen molar-refractivity contribution in [1.29, 1.82) is 0 Å². The van der Waals surface area contributed by atoms with Crippen molar-refractivity contribution in [2.45, 2.75) is 18.1 Å². The predicted octanol–water partition coefficient (Wildman–Crippen LogP) is 1.80. The summed E-state index contributed by atoms with van der Waals surface area (Å²) in [5, 5.41) is 11.4. The minimum atomic E-state index is -1.22. The Balaban J connectivity index is 2.01. The van der Waals surface area contributed by atoms with E-state index in [1.807, 2.05) is 54.6 Å². The van der Waals surface area contributed by atoms with Gasteiger partial charge in [-0.15, -0.1) is 0 Å². The topological polar surface area (TPSA) is 64.7 Å². The smallest absolute Gasteiger partial charge is 0.147 e. The maximum absolute atomic E-state index is 11.4. The van der Waals surface area contributed by atoms with E-state index in [4.69, 9.17) is 15.2 Å². The van der Waals surface area contributed by atoms with Gasteiger partial charge in [-0.1, -0.05) is 54.6 Å². The highest BCUT2D eigenvalue weighted by Crippen LogP contribution is 2.36. The van der Waals surface area contributed by atoms with Crippen LogP contribution >= 0.6 is 0 Å². The molecule has 1 saturated heterocycles. The molecule has 0 saturated carbocycles. The Morgan fingerprint density at radius 1 is 1.05 bits per heavy atom. The standard InChI is InChI=1S/C18H21NO3/c19-11-10-14-6-8-16(9-7-14)18(20,17-12-21-13-22-17)15-4-2-1-3-5-15/h1-9,17,20H,10-13,19H2. The molecule has 3 N–H and O–H groups in total. The number of hydrogen-bond donors (Lipinski definition) is 2. The molecule has 1 heterocycles. The van der Waals surface area contributed by atoms with Crippen LogP contribution < -0.4 is 5.73 Å². The Hall–Kier alpha value is -1.72. The van der Waals surface area contributed by atoms with Crippen molar-refractivity contribution < 1.29 is 14.6 Å². The van der Waals surface area contributed by atoms with Crippen LogP contribution in [0.3, 0.4) is 0 Å². The van der Waals surface area contributed by atoms with Crippen LogP contribution in [0.25, 0.3) is 0 Å². The number of hydrogen-bond acceptors (Lipinski definition) is 4. The molecule has 1 aliphatic rings. The third kappa shape index (κ3) is 2.78. The molecule has 0 aliphatic carbocycles. The van der Waals surface area contributed by atoms with Crippen molar-refractivity contribution in [3.63, 3.8) is 0 Å². The Kier molecular flexibility index (Phi) is 4.55. The monoisotopic (exact) mass is 299 g/mol. The second kappa shape index (κ2) is 6.58. The molecule has 0 aromatic heterocycles. The lowest BCUT2D eigenvalue weighted by molar-refractivity contribution is -0.0611. The lowest BCUT2D eigenvalue weighted by Gasteiger charge is -2.33. The summed E-state index contributed by atoms with van der Waals surface area (Å²) in [6, 6.07) is 17.5. The zero-order valence-corrected chi connectivity index (χ0v) is 12.4. The minimum absolute atomic E-state index is 0.213. The molecule has 22 heavy (non-hydrogen) atoms. The summed E-state index contributed by atoms with van der Waals surface area (Å²) in [6.07, 6.45) is 0.405. The van der Waals surface area contributed by atoms with Crippen molar-refractivity contribution in [3.8, 4) is 0 Å². The molecule has 0 spiro atoms. The van der Waals surface area contributed by atoms with E-state index in [9.17, 15) is 5.11 Å². The summed E-state index contributed by atoms with van der Waals surface area (Å²) >= 11 is 0. The molecular weight excluding hydrogens is 278 g/mol. The van der Waals surface area contributed by atoms with Crippen molar-refractivity contribution in [3.05, 3.63) is 71.3 Å². The third-order valence-corrected chi connectivity index (χ3v) is 4.13. The van der Waals surface area contributed by atoms with Crippen LogP contribution in [0.4, 0.5) is 0 Å². The first kappa shape index (κ1) is 15.2. The second-order valence-corrected chi connectivity index (χ2v) is 5.51. The number of ether oxygens (including phenoxy) is 2. The van der Waals surface area contributed by atoms with Gasteiger partial charge in [0.05, 0.1) is 6.61 Å². The fourth-order valence-electron chi connectivity index (χ4n) is 2.90. The fraction of sp³-hybridized carbons (Fsp3) is 0.333.